The van der Waals surface area contributed by atoms with Crippen molar-refractivity contribution >= 4 is 5.91 Å². The highest BCUT2D eigenvalue weighted by Crippen LogP contribution is 2.11. The Kier molecular flexibility index (Phi) is 4.70. The van der Waals surface area contributed by atoms with E-state index in [9.17, 15) is 9.18 Å². The number of rotatable bonds is 5. The number of hydrogen-bond donors (Lipinski definition) is 2. The first-order valence-electron chi connectivity index (χ1n) is 6.46. The van der Waals surface area contributed by atoms with E-state index in [-0.39, 0.29) is 18.1 Å². The molecule has 18 heavy (non-hydrogen) atoms. The highest BCUT2D eigenvalue weighted by atomic mass is 19.1. The monoisotopic (exact) mass is 250 g/mol. The molecule has 1 aromatic rings. The zero-order chi connectivity index (χ0) is 12.8. The van der Waals surface area contributed by atoms with Crippen molar-refractivity contribution < 1.29 is 9.18 Å². The minimum absolute atomic E-state index is 0.106. The molecular formula is C14H19FN2O. The van der Waals surface area contributed by atoms with Gasteiger partial charge in [-0.2, -0.15) is 0 Å². The molecule has 0 saturated carbocycles. The lowest BCUT2D eigenvalue weighted by atomic mass is 10.1. The van der Waals surface area contributed by atoms with Gasteiger partial charge in [-0.05, 0) is 43.5 Å². The van der Waals surface area contributed by atoms with Crippen LogP contribution in [0.15, 0.2) is 24.3 Å². The zero-order valence-corrected chi connectivity index (χ0v) is 10.4. The number of nitrogens with one attached hydrogen (secondary N) is 2. The van der Waals surface area contributed by atoms with E-state index in [4.69, 9.17) is 0 Å². The fraction of sp³-hybridized carbons (Fsp3) is 0.500. The third-order valence-corrected chi connectivity index (χ3v) is 3.35. The van der Waals surface area contributed by atoms with Crippen molar-refractivity contribution in [3.05, 3.63) is 35.6 Å². The predicted molar refractivity (Wildman–Crippen MR) is 68.7 cm³/mol. The van der Waals surface area contributed by atoms with E-state index < -0.39 is 0 Å². The Labute approximate surface area is 107 Å². The van der Waals surface area contributed by atoms with Crippen molar-refractivity contribution in [2.75, 3.05) is 19.6 Å². The molecule has 1 fully saturated rings. The van der Waals surface area contributed by atoms with Gasteiger partial charge in [0.2, 0.25) is 5.91 Å². The summed E-state index contributed by atoms with van der Waals surface area (Å²) in [7, 11) is 0. The minimum atomic E-state index is -0.312. The van der Waals surface area contributed by atoms with Gasteiger partial charge in [-0.15, -0.1) is 0 Å². The third-order valence-electron chi connectivity index (χ3n) is 3.35. The van der Waals surface area contributed by atoms with Crippen LogP contribution in [-0.2, 0) is 11.2 Å². The van der Waals surface area contributed by atoms with E-state index in [1.807, 2.05) is 0 Å². The number of hydrogen-bond acceptors (Lipinski definition) is 2. The Morgan fingerprint density at radius 2 is 2.28 bits per heavy atom. The number of halogens is 1. The summed E-state index contributed by atoms with van der Waals surface area (Å²) < 4.78 is 13.3. The first-order chi connectivity index (χ1) is 8.75. The number of carbonyl (C=O) groups excluding carboxylic acids is 1. The predicted octanol–water partition coefficient (Wildman–Crippen LogP) is 1.48. The Balaban J connectivity index is 1.70. The first-order valence-corrected chi connectivity index (χ1v) is 6.46. The summed E-state index contributed by atoms with van der Waals surface area (Å²) in [5.41, 5.74) is 0.456. The fourth-order valence-electron chi connectivity index (χ4n) is 2.25. The molecule has 0 bridgehead atoms. The van der Waals surface area contributed by atoms with Crippen molar-refractivity contribution in [1.82, 2.24) is 10.6 Å². The van der Waals surface area contributed by atoms with Crippen LogP contribution in [0.25, 0.3) is 0 Å². The summed E-state index contributed by atoms with van der Waals surface area (Å²) >= 11 is 0. The molecule has 0 aromatic heterocycles. The molecule has 1 aromatic carbocycles. The van der Waals surface area contributed by atoms with Crippen molar-refractivity contribution in [2.45, 2.75) is 19.3 Å². The lowest BCUT2D eigenvalue weighted by Gasteiger charge is -2.09. The lowest BCUT2D eigenvalue weighted by Crippen LogP contribution is -2.28. The summed E-state index contributed by atoms with van der Waals surface area (Å²) in [4.78, 5) is 11.6. The molecule has 1 heterocycles. The second-order valence-electron chi connectivity index (χ2n) is 4.77. The molecule has 2 rings (SSSR count). The van der Waals surface area contributed by atoms with Gasteiger partial charge in [-0.3, -0.25) is 4.79 Å². The van der Waals surface area contributed by atoms with Gasteiger partial charge in [0.15, 0.2) is 0 Å². The highest BCUT2D eigenvalue weighted by Gasteiger charge is 2.14. The van der Waals surface area contributed by atoms with Gasteiger partial charge in [0.05, 0.1) is 6.42 Å². The van der Waals surface area contributed by atoms with Gasteiger partial charge in [0.25, 0.3) is 0 Å². The molecule has 1 atom stereocenters. The molecule has 1 unspecified atom stereocenters. The maximum absolute atomic E-state index is 13.3. The van der Waals surface area contributed by atoms with E-state index in [1.165, 1.54) is 12.5 Å². The van der Waals surface area contributed by atoms with E-state index in [0.717, 1.165) is 19.5 Å². The van der Waals surface area contributed by atoms with Gasteiger partial charge >= 0.3 is 0 Å². The molecule has 3 nitrogen and oxygen atoms in total. The number of carbonyl (C=O) groups is 1. The third kappa shape index (κ3) is 3.81. The molecule has 0 radical (unpaired) electrons. The maximum Gasteiger partial charge on any atom is 0.224 e. The van der Waals surface area contributed by atoms with Crippen molar-refractivity contribution in [1.29, 1.82) is 0 Å². The molecule has 1 aliphatic heterocycles. The van der Waals surface area contributed by atoms with Crippen LogP contribution >= 0.6 is 0 Å². The van der Waals surface area contributed by atoms with Crippen molar-refractivity contribution in [2.24, 2.45) is 5.92 Å². The van der Waals surface area contributed by atoms with Crippen LogP contribution < -0.4 is 10.6 Å². The van der Waals surface area contributed by atoms with Crippen molar-refractivity contribution in [3.63, 3.8) is 0 Å². The molecular weight excluding hydrogens is 231 g/mol. The molecule has 98 valence electrons. The van der Waals surface area contributed by atoms with E-state index in [1.54, 1.807) is 18.2 Å². The number of benzene rings is 1. The molecule has 0 spiro atoms. The molecule has 1 aliphatic rings. The van der Waals surface area contributed by atoms with E-state index >= 15 is 0 Å². The second-order valence-corrected chi connectivity index (χ2v) is 4.77. The highest BCUT2D eigenvalue weighted by molar-refractivity contribution is 5.78. The Morgan fingerprint density at radius 3 is 3.00 bits per heavy atom. The van der Waals surface area contributed by atoms with Crippen LogP contribution in [0.3, 0.4) is 0 Å². The maximum atomic E-state index is 13.3. The minimum Gasteiger partial charge on any atom is -0.356 e. The smallest absolute Gasteiger partial charge is 0.224 e. The molecule has 1 amide bonds. The van der Waals surface area contributed by atoms with Gasteiger partial charge in [0, 0.05) is 6.54 Å². The number of amides is 1. The normalized spacial score (nSPS) is 18.8. The lowest BCUT2D eigenvalue weighted by molar-refractivity contribution is -0.120. The average molecular weight is 250 g/mol. The molecule has 4 heteroatoms. The van der Waals surface area contributed by atoms with Gasteiger partial charge < -0.3 is 10.6 Å². The summed E-state index contributed by atoms with van der Waals surface area (Å²) in [5, 5.41) is 6.15. The van der Waals surface area contributed by atoms with Crippen LogP contribution in [-0.4, -0.2) is 25.5 Å². The van der Waals surface area contributed by atoms with Crippen LogP contribution in [0.5, 0.6) is 0 Å². The molecule has 1 saturated heterocycles. The Morgan fingerprint density at radius 1 is 1.44 bits per heavy atom. The summed E-state index contributed by atoms with van der Waals surface area (Å²) in [6, 6.07) is 6.41. The largest absolute Gasteiger partial charge is 0.356 e. The quantitative estimate of drug-likeness (QED) is 0.831. The topological polar surface area (TPSA) is 41.1 Å². The molecule has 0 aliphatic carbocycles. The van der Waals surface area contributed by atoms with Gasteiger partial charge in [0.1, 0.15) is 5.82 Å². The van der Waals surface area contributed by atoms with Crippen LogP contribution in [0.2, 0.25) is 0 Å². The summed E-state index contributed by atoms with van der Waals surface area (Å²) in [6.07, 6.45) is 2.30. The second kappa shape index (κ2) is 6.50. The fourth-order valence-corrected chi connectivity index (χ4v) is 2.25. The van der Waals surface area contributed by atoms with E-state index in [0.29, 0.717) is 18.0 Å². The molecule has 2 N–H and O–H groups in total. The van der Waals surface area contributed by atoms with Gasteiger partial charge in [-0.25, -0.2) is 4.39 Å². The standard InChI is InChI=1S/C14H19FN2O/c15-13-4-2-1-3-12(13)9-14(18)17-8-6-11-5-7-16-10-11/h1-4,11,16H,5-10H2,(H,17,18). The van der Waals surface area contributed by atoms with E-state index in [2.05, 4.69) is 10.6 Å². The average Bonchev–Trinajstić information content (AvgIpc) is 2.85. The van der Waals surface area contributed by atoms with Gasteiger partial charge in [-0.1, -0.05) is 18.2 Å². The summed E-state index contributed by atoms with van der Waals surface area (Å²) in [6.45, 7) is 2.80. The Hall–Kier alpha value is -1.42. The summed E-state index contributed by atoms with van der Waals surface area (Å²) in [5.74, 6) is 0.248. The van der Waals surface area contributed by atoms with Crippen LogP contribution in [0.1, 0.15) is 18.4 Å². The SMILES string of the molecule is O=C(Cc1ccccc1F)NCCC1CCNC1. The van der Waals surface area contributed by atoms with Crippen LogP contribution in [0, 0.1) is 11.7 Å². The van der Waals surface area contributed by atoms with Crippen molar-refractivity contribution in [3.8, 4) is 0 Å². The zero-order valence-electron chi connectivity index (χ0n) is 10.4. The Bertz CT molecular complexity index is 403. The first kappa shape index (κ1) is 13.0. The van der Waals surface area contributed by atoms with Crippen LogP contribution in [0.4, 0.5) is 4.39 Å².